The highest BCUT2D eigenvalue weighted by Gasteiger charge is 2.18. The number of aromatic nitrogens is 1. The predicted molar refractivity (Wildman–Crippen MR) is 54.8 cm³/mol. The van der Waals surface area contributed by atoms with Gasteiger partial charge in [0.25, 0.3) is 0 Å². The number of carboxylic acids is 1. The van der Waals surface area contributed by atoms with Crippen LogP contribution in [0.5, 0.6) is 5.88 Å². The average Bonchev–Trinajstić information content (AvgIpc) is 2.25. The number of carboxylic acid groups (broad SMARTS) is 1. The molecule has 1 heterocycles. The quantitative estimate of drug-likeness (QED) is 0.743. The summed E-state index contributed by atoms with van der Waals surface area (Å²) in [5, 5.41) is 8.72. The first kappa shape index (κ1) is 11.5. The SMILES string of the molecule is COc1ncccc1C(CN)CC(=O)O. The number of pyridine rings is 1. The van der Waals surface area contributed by atoms with E-state index in [2.05, 4.69) is 4.98 Å². The molecule has 0 saturated carbocycles. The first-order valence-corrected chi connectivity index (χ1v) is 4.59. The lowest BCUT2D eigenvalue weighted by Crippen LogP contribution is -2.17. The van der Waals surface area contributed by atoms with Crippen LogP contribution in [0.15, 0.2) is 18.3 Å². The molecule has 0 radical (unpaired) electrons. The Morgan fingerprint density at radius 1 is 1.73 bits per heavy atom. The van der Waals surface area contributed by atoms with E-state index in [1.807, 2.05) is 0 Å². The van der Waals surface area contributed by atoms with E-state index in [9.17, 15) is 4.79 Å². The van der Waals surface area contributed by atoms with Gasteiger partial charge >= 0.3 is 5.97 Å². The monoisotopic (exact) mass is 210 g/mol. The number of ether oxygens (including phenoxy) is 1. The van der Waals surface area contributed by atoms with Crippen LogP contribution in [0, 0.1) is 0 Å². The van der Waals surface area contributed by atoms with Gasteiger partial charge in [-0.3, -0.25) is 4.79 Å². The van der Waals surface area contributed by atoms with Gasteiger partial charge in [0.15, 0.2) is 0 Å². The van der Waals surface area contributed by atoms with Gasteiger partial charge in [-0.15, -0.1) is 0 Å². The summed E-state index contributed by atoms with van der Waals surface area (Å²) in [6.07, 6.45) is 1.58. The molecule has 0 aliphatic carbocycles. The lowest BCUT2D eigenvalue weighted by molar-refractivity contribution is -0.137. The third kappa shape index (κ3) is 2.92. The number of hydrogen-bond donors (Lipinski definition) is 2. The van der Waals surface area contributed by atoms with Crippen molar-refractivity contribution in [1.82, 2.24) is 4.98 Å². The second kappa shape index (κ2) is 5.31. The fourth-order valence-electron chi connectivity index (χ4n) is 1.42. The van der Waals surface area contributed by atoms with Gasteiger partial charge in [-0.25, -0.2) is 4.98 Å². The lowest BCUT2D eigenvalue weighted by Gasteiger charge is -2.14. The normalized spacial score (nSPS) is 12.1. The van der Waals surface area contributed by atoms with Crippen molar-refractivity contribution in [3.05, 3.63) is 23.9 Å². The summed E-state index contributed by atoms with van der Waals surface area (Å²) in [5.74, 6) is -0.697. The Hall–Kier alpha value is -1.62. The molecule has 1 unspecified atom stereocenters. The van der Waals surface area contributed by atoms with Crippen molar-refractivity contribution in [2.75, 3.05) is 13.7 Å². The van der Waals surface area contributed by atoms with Crippen LogP contribution in [0.2, 0.25) is 0 Å². The number of methoxy groups -OCH3 is 1. The highest BCUT2D eigenvalue weighted by atomic mass is 16.5. The first-order valence-electron chi connectivity index (χ1n) is 4.59. The van der Waals surface area contributed by atoms with Gasteiger partial charge in [0.2, 0.25) is 5.88 Å². The van der Waals surface area contributed by atoms with Crippen LogP contribution in [0.25, 0.3) is 0 Å². The maximum absolute atomic E-state index is 10.6. The molecule has 0 saturated heterocycles. The zero-order valence-electron chi connectivity index (χ0n) is 8.51. The number of hydrogen-bond acceptors (Lipinski definition) is 4. The van der Waals surface area contributed by atoms with Crippen molar-refractivity contribution in [3.63, 3.8) is 0 Å². The molecule has 1 atom stereocenters. The maximum atomic E-state index is 10.6. The molecule has 0 aliphatic heterocycles. The van der Waals surface area contributed by atoms with Crippen molar-refractivity contribution in [2.45, 2.75) is 12.3 Å². The van der Waals surface area contributed by atoms with Gasteiger partial charge < -0.3 is 15.6 Å². The Balaban J connectivity index is 2.95. The average molecular weight is 210 g/mol. The van der Waals surface area contributed by atoms with Crippen LogP contribution in [-0.2, 0) is 4.79 Å². The molecular formula is C10H14N2O3. The summed E-state index contributed by atoms with van der Waals surface area (Å²) in [6.45, 7) is 0.258. The Morgan fingerprint density at radius 2 is 2.47 bits per heavy atom. The number of carbonyl (C=O) groups is 1. The zero-order chi connectivity index (χ0) is 11.3. The second-order valence-corrected chi connectivity index (χ2v) is 3.13. The van der Waals surface area contributed by atoms with E-state index in [4.69, 9.17) is 15.6 Å². The molecule has 5 heteroatoms. The highest BCUT2D eigenvalue weighted by Crippen LogP contribution is 2.25. The summed E-state index contributed by atoms with van der Waals surface area (Å²) in [6, 6.07) is 3.52. The Labute approximate surface area is 87.9 Å². The largest absolute Gasteiger partial charge is 0.481 e. The van der Waals surface area contributed by atoms with E-state index in [1.165, 1.54) is 7.11 Å². The Morgan fingerprint density at radius 3 is 3.00 bits per heavy atom. The topological polar surface area (TPSA) is 85.4 Å². The maximum Gasteiger partial charge on any atom is 0.304 e. The third-order valence-corrected chi connectivity index (χ3v) is 2.14. The molecule has 5 nitrogen and oxygen atoms in total. The van der Waals surface area contributed by atoms with E-state index in [-0.39, 0.29) is 18.9 Å². The smallest absolute Gasteiger partial charge is 0.304 e. The third-order valence-electron chi connectivity index (χ3n) is 2.14. The van der Waals surface area contributed by atoms with Crippen LogP contribution in [0.3, 0.4) is 0 Å². The molecule has 0 spiro atoms. The van der Waals surface area contributed by atoms with Crippen LogP contribution < -0.4 is 10.5 Å². The fraction of sp³-hybridized carbons (Fsp3) is 0.400. The van der Waals surface area contributed by atoms with Crippen LogP contribution in [0.1, 0.15) is 17.9 Å². The van der Waals surface area contributed by atoms with E-state index in [0.717, 1.165) is 5.56 Å². The van der Waals surface area contributed by atoms with Crippen molar-refractivity contribution in [3.8, 4) is 5.88 Å². The molecule has 0 aromatic carbocycles. The molecule has 0 aliphatic rings. The zero-order valence-corrected chi connectivity index (χ0v) is 8.51. The van der Waals surface area contributed by atoms with E-state index < -0.39 is 5.97 Å². The summed E-state index contributed by atoms with van der Waals surface area (Å²) < 4.78 is 5.05. The highest BCUT2D eigenvalue weighted by molar-refractivity contribution is 5.68. The van der Waals surface area contributed by atoms with Crippen molar-refractivity contribution < 1.29 is 14.6 Å². The van der Waals surface area contributed by atoms with Crippen molar-refractivity contribution >= 4 is 5.97 Å². The second-order valence-electron chi connectivity index (χ2n) is 3.13. The molecular weight excluding hydrogens is 196 g/mol. The molecule has 82 valence electrons. The van der Waals surface area contributed by atoms with Gasteiger partial charge in [-0.1, -0.05) is 6.07 Å². The number of nitrogens with two attached hydrogens (primary N) is 1. The minimum absolute atomic E-state index is 0.0153. The summed E-state index contributed by atoms with van der Waals surface area (Å²) in [7, 11) is 1.50. The first-order chi connectivity index (χ1) is 7.19. The number of aliphatic carboxylic acids is 1. The Bertz CT molecular complexity index is 341. The fourth-order valence-corrected chi connectivity index (χ4v) is 1.42. The minimum Gasteiger partial charge on any atom is -0.481 e. The molecule has 1 aromatic heterocycles. The predicted octanol–water partition coefficient (Wildman–Crippen LogP) is 0.607. The molecule has 0 bridgehead atoms. The van der Waals surface area contributed by atoms with Gasteiger partial charge in [0, 0.05) is 17.7 Å². The van der Waals surface area contributed by atoms with Gasteiger partial charge in [-0.05, 0) is 12.6 Å². The molecule has 1 aromatic rings. The van der Waals surface area contributed by atoms with Gasteiger partial charge in [0.05, 0.1) is 13.5 Å². The van der Waals surface area contributed by atoms with Crippen LogP contribution in [0.4, 0.5) is 0 Å². The molecule has 0 fully saturated rings. The minimum atomic E-state index is -0.878. The van der Waals surface area contributed by atoms with Gasteiger partial charge in [-0.2, -0.15) is 0 Å². The van der Waals surface area contributed by atoms with Crippen LogP contribution in [-0.4, -0.2) is 29.7 Å². The summed E-state index contributed by atoms with van der Waals surface area (Å²) in [4.78, 5) is 14.6. The molecule has 1 rings (SSSR count). The Kier molecular flexibility index (Phi) is 4.05. The standard InChI is InChI=1S/C10H14N2O3/c1-15-10-8(3-2-4-12-10)7(6-11)5-9(13)14/h2-4,7H,5-6,11H2,1H3,(H,13,14). The molecule has 15 heavy (non-hydrogen) atoms. The van der Waals surface area contributed by atoms with Crippen molar-refractivity contribution in [2.24, 2.45) is 5.73 Å². The molecule has 3 N–H and O–H groups in total. The molecule has 0 amide bonds. The van der Waals surface area contributed by atoms with Gasteiger partial charge in [0.1, 0.15) is 0 Å². The summed E-state index contributed by atoms with van der Waals surface area (Å²) in [5.41, 5.74) is 6.27. The van der Waals surface area contributed by atoms with E-state index >= 15 is 0 Å². The summed E-state index contributed by atoms with van der Waals surface area (Å²) >= 11 is 0. The number of rotatable bonds is 5. The van der Waals surface area contributed by atoms with Crippen molar-refractivity contribution in [1.29, 1.82) is 0 Å². The van der Waals surface area contributed by atoms with Crippen LogP contribution >= 0.6 is 0 Å². The van der Waals surface area contributed by atoms with E-state index in [1.54, 1.807) is 18.3 Å². The lowest BCUT2D eigenvalue weighted by atomic mass is 9.97. The number of nitrogens with zero attached hydrogens (tertiary/aromatic N) is 1. The van der Waals surface area contributed by atoms with E-state index in [0.29, 0.717) is 5.88 Å².